The van der Waals surface area contributed by atoms with Crippen molar-refractivity contribution in [2.24, 2.45) is 0 Å². The third kappa shape index (κ3) is 5.73. The Balaban J connectivity index is 1.32. The molecule has 1 aromatic heterocycles. The van der Waals surface area contributed by atoms with Crippen molar-refractivity contribution in [1.29, 1.82) is 0 Å². The van der Waals surface area contributed by atoms with Crippen molar-refractivity contribution in [3.63, 3.8) is 0 Å². The quantitative estimate of drug-likeness (QED) is 0.483. The standard InChI is InChI=1S/C23H22ClFN2O4S2/c24-21-11-12-22(32-21)33(29,30)27-13-1-2-20(27)23(28)26-14-16-3-5-17(6-4-16)15-31-19-9-7-18(25)8-10-19/h3-12,20H,1-2,13-15H2,(H,26,28)/t20-/m0/s1. The van der Waals surface area contributed by atoms with Gasteiger partial charge in [0.25, 0.3) is 10.0 Å². The number of hydrogen-bond donors (Lipinski definition) is 1. The molecular formula is C23H22ClFN2O4S2. The SMILES string of the molecule is O=C(NCc1ccc(COc2ccc(F)cc2)cc1)[C@@H]1CCCN1S(=O)(=O)c1ccc(Cl)s1. The zero-order valence-corrected chi connectivity index (χ0v) is 19.9. The molecule has 2 heterocycles. The number of amides is 1. The molecule has 0 aliphatic carbocycles. The third-order valence-electron chi connectivity index (χ3n) is 5.33. The highest BCUT2D eigenvalue weighted by Crippen LogP contribution is 2.32. The minimum atomic E-state index is -3.76. The Morgan fingerprint density at radius 2 is 1.79 bits per heavy atom. The fourth-order valence-corrected chi connectivity index (χ4v) is 6.87. The topological polar surface area (TPSA) is 75.7 Å². The minimum Gasteiger partial charge on any atom is -0.489 e. The van der Waals surface area contributed by atoms with Gasteiger partial charge in [-0.25, -0.2) is 12.8 Å². The van der Waals surface area contributed by atoms with E-state index < -0.39 is 16.1 Å². The molecule has 174 valence electrons. The first-order chi connectivity index (χ1) is 15.8. The Bertz CT molecular complexity index is 1210. The number of thiophene rings is 1. The number of halogens is 2. The van der Waals surface area contributed by atoms with E-state index in [1.165, 1.54) is 22.5 Å². The fourth-order valence-electron chi connectivity index (χ4n) is 3.60. The molecule has 1 aliphatic rings. The van der Waals surface area contributed by atoms with Gasteiger partial charge in [-0.05, 0) is 60.4 Å². The van der Waals surface area contributed by atoms with Crippen LogP contribution in [0.1, 0.15) is 24.0 Å². The smallest absolute Gasteiger partial charge is 0.253 e. The molecule has 1 N–H and O–H groups in total. The lowest BCUT2D eigenvalue weighted by molar-refractivity contribution is -0.124. The maximum Gasteiger partial charge on any atom is 0.253 e. The number of hydrogen-bond acceptors (Lipinski definition) is 5. The summed E-state index contributed by atoms with van der Waals surface area (Å²) >= 11 is 6.88. The van der Waals surface area contributed by atoms with Gasteiger partial charge in [0.1, 0.15) is 28.4 Å². The molecule has 0 spiro atoms. The summed E-state index contributed by atoms with van der Waals surface area (Å²) in [6.07, 6.45) is 1.10. The largest absolute Gasteiger partial charge is 0.489 e. The second-order valence-corrected chi connectivity index (χ2v) is 11.4. The summed E-state index contributed by atoms with van der Waals surface area (Å²) in [5, 5.41) is 2.85. The van der Waals surface area contributed by atoms with E-state index in [2.05, 4.69) is 5.32 Å². The van der Waals surface area contributed by atoms with E-state index in [1.807, 2.05) is 24.3 Å². The highest BCUT2D eigenvalue weighted by atomic mass is 35.5. The maximum atomic E-state index is 13.0. The zero-order valence-electron chi connectivity index (χ0n) is 17.5. The Morgan fingerprint density at radius 3 is 2.45 bits per heavy atom. The van der Waals surface area contributed by atoms with Crippen LogP contribution in [0, 0.1) is 5.82 Å². The first-order valence-corrected chi connectivity index (χ1v) is 13.0. The fraction of sp³-hybridized carbons (Fsp3) is 0.261. The van der Waals surface area contributed by atoms with Crippen molar-refractivity contribution < 1.29 is 22.3 Å². The lowest BCUT2D eigenvalue weighted by atomic mass is 10.1. The zero-order chi connectivity index (χ0) is 23.4. The van der Waals surface area contributed by atoms with Gasteiger partial charge < -0.3 is 10.1 Å². The number of nitrogens with zero attached hydrogens (tertiary/aromatic N) is 1. The Labute approximate surface area is 201 Å². The van der Waals surface area contributed by atoms with Crippen LogP contribution in [-0.4, -0.2) is 31.2 Å². The molecule has 3 aromatic rings. The average Bonchev–Trinajstić information content (AvgIpc) is 3.48. The van der Waals surface area contributed by atoms with Crippen molar-refractivity contribution in [2.75, 3.05) is 6.54 Å². The van der Waals surface area contributed by atoms with Gasteiger partial charge in [-0.15, -0.1) is 11.3 Å². The summed E-state index contributed by atoms with van der Waals surface area (Å²) in [4.78, 5) is 12.8. The van der Waals surface area contributed by atoms with Crippen LogP contribution in [0.4, 0.5) is 4.39 Å². The normalized spacial score (nSPS) is 16.6. The van der Waals surface area contributed by atoms with Crippen molar-refractivity contribution in [3.8, 4) is 5.75 Å². The van der Waals surface area contributed by atoms with Crippen molar-refractivity contribution in [2.45, 2.75) is 36.2 Å². The molecule has 1 aliphatic heterocycles. The molecule has 10 heteroatoms. The molecule has 2 aromatic carbocycles. The van der Waals surface area contributed by atoms with Crippen molar-refractivity contribution in [1.82, 2.24) is 9.62 Å². The number of carbonyl (C=O) groups excluding carboxylic acids is 1. The van der Waals surface area contributed by atoms with Crippen LogP contribution in [0.5, 0.6) is 5.75 Å². The van der Waals surface area contributed by atoms with Gasteiger partial charge in [-0.3, -0.25) is 4.79 Å². The lowest BCUT2D eigenvalue weighted by Crippen LogP contribution is -2.45. The molecule has 1 amide bonds. The summed E-state index contributed by atoms with van der Waals surface area (Å²) in [7, 11) is -3.76. The van der Waals surface area contributed by atoms with Crippen molar-refractivity contribution in [3.05, 3.63) is 81.9 Å². The average molecular weight is 509 g/mol. The third-order valence-corrected chi connectivity index (χ3v) is 8.93. The highest BCUT2D eigenvalue weighted by Gasteiger charge is 2.39. The van der Waals surface area contributed by atoms with Gasteiger partial charge in [-0.1, -0.05) is 35.9 Å². The summed E-state index contributed by atoms with van der Waals surface area (Å²) in [5.74, 6) is -0.0564. The first kappa shape index (κ1) is 23.7. The number of nitrogens with one attached hydrogen (secondary N) is 1. The van der Waals surface area contributed by atoms with Crippen LogP contribution in [0.15, 0.2) is 64.9 Å². The summed E-state index contributed by atoms with van der Waals surface area (Å²) in [6.45, 7) is 0.922. The molecule has 0 bridgehead atoms. The van der Waals surface area contributed by atoms with Crippen LogP contribution < -0.4 is 10.1 Å². The van der Waals surface area contributed by atoms with Crippen LogP contribution in [0.25, 0.3) is 0 Å². The molecule has 0 unspecified atom stereocenters. The predicted octanol–water partition coefficient (Wildman–Crippen LogP) is 4.59. The van der Waals surface area contributed by atoms with Crippen LogP contribution in [-0.2, 0) is 28.0 Å². The lowest BCUT2D eigenvalue weighted by Gasteiger charge is -2.22. The summed E-state index contributed by atoms with van der Waals surface area (Å²) < 4.78 is 46.2. The second-order valence-electron chi connectivity index (χ2n) is 7.61. The number of ether oxygens (including phenoxy) is 1. The molecule has 0 radical (unpaired) electrons. The van der Waals surface area contributed by atoms with Crippen molar-refractivity contribution >= 4 is 38.9 Å². The number of rotatable bonds is 8. The van der Waals surface area contributed by atoms with Gasteiger partial charge in [0, 0.05) is 13.1 Å². The van der Waals surface area contributed by atoms with Crippen LogP contribution in [0.2, 0.25) is 4.34 Å². The molecule has 33 heavy (non-hydrogen) atoms. The molecule has 1 atom stereocenters. The molecular weight excluding hydrogens is 487 g/mol. The molecule has 4 rings (SSSR count). The monoisotopic (exact) mass is 508 g/mol. The predicted molar refractivity (Wildman–Crippen MR) is 125 cm³/mol. The summed E-state index contributed by atoms with van der Waals surface area (Å²) in [6, 6.07) is 15.6. The minimum absolute atomic E-state index is 0.144. The Hall–Kier alpha value is -2.46. The molecule has 6 nitrogen and oxygen atoms in total. The van der Waals surface area contributed by atoms with Gasteiger partial charge in [-0.2, -0.15) is 4.31 Å². The highest BCUT2D eigenvalue weighted by molar-refractivity contribution is 7.91. The molecule has 0 saturated carbocycles. The van der Waals surface area contributed by atoms with E-state index in [9.17, 15) is 17.6 Å². The van der Waals surface area contributed by atoms with E-state index in [4.69, 9.17) is 16.3 Å². The first-order valence-electron chi connectivity index (χ1n) is 10.3. The molecule has 1 saturated heterocycles. The van der Waals surface area contributed by atoms with E-state index in [0.29, 0.717) is 36.1 Å². The van der Waals surface area contributed by atoms with E-state index >= 15 is 0 Å². The van der Waals surface area contributed by atoms with Crippen LogP contribution >= 0.6 is 22.9 Å². The van der Waals surface area contributed by atoms with E-state index in [1.54, 1.807) is 18.2 Å². The maximum absolute atomic E-state index is 13.0. The van der Waals surface area contributed by atoms with Gasteiger partial charge in [0.2, 0.25) is 5.91 Å². The van der Waals surface area contributed by atoms with Gasteiger partial charge in [0.05, 0.1) is 4.34 Å². The van der Waals surface area contributed by atoms with Gasteiger partial charge in [0.15, 0.2) is 0 Å². The number of carbonyl (C=O) groups is 1. The Morgan fingerprint density at radius 1 is 1.09 bits per heavy atom. The molecule has 1 fully saturated rings. The second kappa shape index (κ2) is 10.2. The van der Waals surface area contributed by atoms with E-state index in [-0.39, 0.29) is 22.5 Å². The number of benzene rings is 2. The van der Waals surface area contributed by atoms with Crippen LogP contribution in [0.3, 0.4) is 0 Å². The Kier molecular flexibility index (Phi) is 7.33. The summed E-state index contributed by atoms with van der Waals surface area (Å²) in [5.41, 5.74) is 1.81. The van der Waals surface area contributed by atoms with E-state index in [0.717, 1.165) is 22.5 Å². The van der Waals surface area contributed by atoms with Gasteiger partial charge >= 0.3 is 0 Å². The number of sulfonamides is 1.